The summed E-state index contributed by atoms with van der Waals surface area (Å²) in [5, 5.41) is 11.7. The van der Waals surface area contributed by atoms with Gasteiger partial charge < -0.3 is 5.43 Å². The molecule has 1 aliphatic carbocycles. The third-order valence-corrected chi connectivity index (χ3v) is 5.84. The van der Waals surface area contributed by atoms with Gasteiger partial charge in [0, 0.05) is 34.5 Å². The van der Waals surface area contributed by atoms with Crippen LogP contribution in [-0.2, 0) is 6.54 Å². The number of nitro groups is 1. The maximum Gasteiger partial charge on any atom is 0.269 e. The summed E-state index contributed by atoms with van der Waals surface area (Å²) in [6.45, 7) is 0.533. The highest BCUT2D eigenvalue weighted by Crippen LogP contribution is 2.36. The molecule has 0 heterocycles. The van der Waals surface area contributed by atoms with Crippen molar-refractivity contribution < 1.29 is 4.92 Å². The van der Waals surface area contributed by atoms with Crippen molar-refractivity contribution in [2.24, 2.45) is 0 Å². The monoisotopic (exact) mass is 357 g/mol. The van der Waals surface area contributed by atoms with Crippen LogP contribution in [-0.4, -0.2) is 10.2 Å². The molecule has 3 rings (SSSR count). The van der Waals surface area contributed by atoms with Crippen LogP contribution >= 0.6 is 11.8 Å². The van der Waals surface area contributed by atoms with Gasteiger partial charge in [-0.3, -0.25) is 10.1 Å². The highest BCUT2D eigenvalue weighted by atomic mass is 32.2. The highest BCUT2D eigenvalue weighted by molar-refractivity contribution is 8.00. The van der Waals surface area contributed by atoms with Gasteiger partial charge in [-0.2, -0.15) is 0 Å². The Bertz CT molecular complexity index is 703. The molecule has 1 saturated carbocycles. The van der Waals surface area contributed by atoms with E-state index in [-0.39, 0.29) is 10.6 Å². The van der Waals surface area contributed by atoms with E-state index >= 15 is 0 Å². The number of nitrogens with one attached hydrogen (secondary N) is 2. The van der Waals surface area contributed by atoms with Crippen molar-refractivity contribution in [1.82, 2.24) is 5.43 Å². The molecule has 0 saturated heterocycles. The van der Waals surface area contributed by atoms with Crippen LogP contribution in [0.25, 0.3) is 0 Å². The fraction of sp³-hybridized carbons (Fsp3) is 0.368. The first kappa shape index (κ1) is 17.8. The van der Waals surface area contributed by atoms with Crippen molar-refractivity contribution in [3.63, 3.8) is 0 Å². The van der Waals surface area contributed by atoms with Crippen molar-refractivity contribution in [3.05, 3.63) is 64.2 Å². The summed E-state index contributed by atoms with van der Waals surface area (Å²) in [6, 6.07) is 15.0. The number of nitrogens with zero attached hydrogens (tertiary/aromatic N) is 1. The van der Waals surface area contributed by atoms with Crippen molar-refractivity contribution in [2.75, 3.05) is 5.43 Å². The molecule has 0 aromatic heterocycles. The lowest BCUT2D eigenvalue weighted by Gasteiger charge is -2.22. The lowest BCUT2D eigenvalue weighted by molar-refractivity contribution is -0.385. The van der Waals surface area contributed by atoms with Crippen LogP contribution in [0.5, 0.6) is 0 Å². The van der Waals surface area contributed by atoms with Gasteiger partial charge in [-0.1, -0.05) is 37.5 Å². The lowest BCUT2D eigenvalue weighted by Crippen LogP contribution is -2.21. The molecule has 0 aliphatic heterocycles. The summed E-state index contributed by atoms with van der Waals surface area (Å²) in [6.07, 6.45) is 6.36. The average molecular weight is 357 g/mol. The zero-order valence-corrected chi connectivity index (χ0v) is 14.9. The van der Waals surface area contributed by atoms with E-state index in [0.29, 0.717) is 11.8 Å². The van der Waals surface area contributed by atoms with Gasteiger partial charge in [-0.25, -0.2) is 5.43 Å². The second-order valence-corrected chi connectivity index (χ2v) is 7.61. The maximum absolute atomic E-state index is 11.1. The molecule has 0 unspecified atom stereocenters. The minimum absolute atomic E-state index is 0.143. The number of benzene rings is 2. The van der Waals surface area contributed by atoms with Crippen molar-refractivity contribution in [2.45, 2.75) is 48.8 Å². The van der Waals surface area contributed by atoms with E-state index < -0.39 is 0 Å². The number of hydrogen-bond donors (Lipinski definition) is 2. The van der Waals surface area contributed by atoms with E-state index in [1.54, 1.807) is 12.1 Å². The van der Waals surface area contributed by atoms with E-state index in [4.69, 9.17) is 0 Å². The Hall–Kier alpha value is -2.05. The molecule has 5 nitrogen and oxygen atoms in total. The third kappa shape index (κ3) is 5.21. The Labute approximate surface area is 152 Å². The molecule has 132 valence electrons. The van der Waals surface area contributed by atoms with Gasteiger partial charge in [0.05, 0.1) is 4.92 Å². The van der Waals surface area contributed by atoms with Crippen molar-refractivity contribution in [3.8, 4) is 0 Å². The van der Waals surface area contributed by atoms with Gasteiger partial charge in [0.25, 0.3) is 5.69 Å². The van der Waals surface area contributed by atoms with E-state index in [1.165, 1.54) is 32.1 Å². The number of nitro benzene ring substituents is 1. The predicted octanol–water partition coefficient (Wildman–Crippen LogP) is 5.14. The van der Waals surface area contributed by atoms with E-state index in [0.717, 1.165) is 16.1 Å². The van der Waals surface area contributed by atoms with Crippen LogP contribution in [0.3, 0.4) is 0 Å². The number of thioether (sulfide) groups is 1. The molecule has 0 atom stereocenters. The molecule has 2 aromatic rings. The number of rotatable bonds is 7. The summed E-state index contributed by atoms with van der Waals surface area (Å²) in [5.74, 6) is 0. The zero-order valence-electron chi connectivity index (χ0n) is 14.1. The molecule has 0 amide bonds. The van der Waals surface area contributed by atoms with Gasteiger partial charge >= 0.3 is 0 Å². The lowest BCUT2D eigenvalue weighted by atomic mass is 10.0. The van der Waals surface area contributed by atoms with Crippen molar-refractivity contribution in [1.29, 1.82) is 0 Å². The Balaban J connectivity index is 1.69. The summed E-state index contributed by atoms with van der Waals surface area (Å²) in [5.41, 5.74) is 8.40. The number of anilines is 1. The first-order valence-corrected chi connectivity index (χ1v) is 9.58. The standard InChI is InChI=1S/C19H23N3O2S/c23-22(24)17-11-12-19(25-18-9-5-2-6-10-18)15(13-17)14-20-21-16-7-3-1-4-8-16/h1,3-4,7-8,11-13,18,20-21H,2,5-6,9-10,14H2. The van der Waals surface area contributed by atoms with E-state index in [1.807, 2.05) is 48.2 Å². The summed E-state index contributed by atoms with van der Waals surface area (Å²) in [7, 11) is 0. The van der Waals surface area contributed by atoms with E-state index in [2.05, 4.69) is 10.9 Å². The van der Waals surface area contributed by atoms with Crippen LogP contribution in [0.2, 0.25) is 0 Å². The average Bonchev–Trinajstić information content (AvgIpc) is 2.64. The molecule has 0 bridgehead atoms. The summed E-state index contributed by atoms with van der Waals surface area (Å²) < 4.78 is 0. The number of hydrazine groups is 1. The maximum atomic E-state index is 11.1. The van der Waals surface area contributed by atoms with Gasteiger partial charge in [0.15, 0.2) is 0 Å². The normalized spacial score (nSPS) is 15.0. The molecular weight excluding hydrogens is 334 g/mol. The molecule has 6 heteroatoms. The second-order valence-electron chi connectivity index (χ2n) is 6.27. The van der Waals surface area contributed by atoms with Gasteiger partial charge in [0.2, 0.25) is 0 Å². The predicted molar refractivity (Wildman–Crippen MR) is 103 cm³/mol. The Morgan fingerprint density at radius 1 is 1.08 bits per heavy atom. The van der Waals surface area contributed by atoms with Crippen LogP contribution in [0.15, 0.2) is 53.4 Å². The van der Waals surface area contributed by atoms with Crippen LogP contribution < -0.4 is 10.9 Å². The van der Waals surface area contributed by atoms with Crippen LogP contribution in [0.4, 0.5) is 11.4 Å². The fourth-order valence-corrected chi connectivity index (χ4v) is 4.42. The first-order valence-electron chi connectivity index (χ1n) is 8.70. The third-order valence-electron chi connectivity index (χ3n) is 4.39. The Morgan fingerprint density at radius 3 is 2.56 bits per heavy atom. The quantitative estimate of drug-likeness (QED) is 0.531. The Kier molecular flexibility index (Phi) is 6.30. The number of non-ortho nitro benzene ring substituents is 1. The van der Waals surface area contributed by atoms with Crippen molar-refractivity contribution >= 4 is 23.1 Å². The largest absolute Gasteiger partial charge is 0.321 e. The molecule has 0 spiro atoms. The van der Waals surface area contributed by atoms with Gasteiger partial charge in [-0.15, -0.1) is 11.8 Å². The highest BCUT2D eigenvalue weighted by Gasteiger charge is 2.18. The second kappa shape index (κ2) is 8.87. The topological polar surface area (TPSA) is 67.2 Å². The smallest absolute Gasteiger partial charge is 0.269 e. The summed E-state index contributed by atoms with van der Waals surface area (Å²) in [4.78, 5) is 11.9. The molecular formula is C19H23N3O2S. The molecule has 25 heavy (non-hydrogen) atoms. The molecule has 2 aromatic carbocycles. The van der Waals surface area contributed by atoms with Crippen LogP contribution in [0.1, 0.15) is 37.7 Å². The Morgan fingerprint density at radius 2 is 1.84 bits per heavy atom. The number of para-hydroxylation sites is 1. The molecule has 1 fully saturated rings. The van der Waals surface area contributed by atoms with E-state index in [9.17, 15) is 10.1 Å². The first-order chi connectivity index (χ1) is 12.2. The fourth-order valence-electron chi connectivity index (χ4n) is 3.06. The molecule has 2 N–H and O–H groups in total. The van der Waals surface area contributed by atoms with Gasteiger partial charge in [0.1, 0.15) is 0 Å². The van der Waals surface area contributed by atoms with Crippen LogP contribution in [0, 0.1) is 10.1 Å². The summed E-state index contributed by atoms with van der Waals surface area (Å²) >= 11 is 1.87. The molecule has 0 radical (unpaired) electrons. The number of hydrogen-bond acceptors (Lipinski definition) is 5. The minimum Gasteiger partial charge on any atom is -0.321 e. The molecule has 1 aliphatic rings. The zero-order chi connectivity index (χ0) is 17.5. The van der Waals surface area contributed by atoms with Gasteiger partial charge in [-0.05, 0) is 36.6 Å². The minimum atomic E-state index is -0.330. The SMILES string of the molecule is O=[N+]([O-])c1ccc(SC2CCCCC2)c(CNNc2ccccc2)c1.